The summed E-state index contributed by atoms with van der Waals surface area (Å²) in [5.74, 6) is -0.683. The van der Waals surface area contributed by atoms with E-state index in [0.717, 1.165) is 0 Å². The zero-order valence-electron chi connectivity index (χ0n) is 10.8. The first-order valence-corrected chi connectivity index (χ1v) is 5.99. The quantitative estimate of drug-likeness (QED) is 0.628. The fourth-order valence-electron chi connectivity index (χ4n) is 1.66. The van der Waals surface area contributed by atoms with Crippen LogP contribution in [-0.2, 0) is 9.59 Å². The van der Waals surface area contributed by atoms with Crippen LogP contribution in [-0.4, -0.2) is 36.5 Å². The van der Waals surface area contributed by atoms with Crippen LogP contribution in [0.15, 0.2) is 18.2 Å². The summed E-state index contributed by atoms with van der Waals surface area (Å²) in [6.45, 7) is 1.42. The minimum atomic E-state index is -1.62. The summed E-state index contributed by atoms with van der Waals surface area (Å²) >= 11 is 5.83. The molecule has 1 aliphatic rings. The third-order valence-electron chi connectivity index (χ3n) is 2.70. The van der Waals surface area contributed by atoms with Gasteiger partial charge in [-0.15, -0.1) is 0 Å². The Morgan fingerprint density at radius 3 is 2.79 bits per heavy atom. The minimum absolute atomic E-state index is 0.403. The van der Waals surface area contributed by atoms with Crippen LogP contribution in [0.4, 0.5) is 5.69 Å². The number of hydrogen-bond acceptors (Lipinski definition) is 4. The summed E-state index contributed by atoms with van der Waals surface area (Å²) in [6, 6.07) is 4.80. The van der Waals surface area contributed by atoms with Crippen LogP contribution in [0.3, 0.4) is 0 Å². The van der Waals surface area contributed by atoms with Crippen LogP contribution in [0.1, 0.15) is 6.92 Å². The van der Waals surface area contributed by atoms with Crippen LogP contribution >= 0.6 is 11.6 Å². The van der Waals surface area contributed by atoms with Gasteiger partial charge in [0.25, 0.3) is 17.4 Å². The van der Waals surface area contributed by atoms with Crippen LogP contribution in [0, 0.1) is 0 Å². The largest absolute Gasteiger partial charge is 0.465 e. The minimum Gasteiger partial charge on any atom is -0.465 e. The van der Waals surface area contributed by atoms with Gasteiger partial charge in [0.15, 0.2) is 0 Å². The molecule has 0 fully saturated rings. The molecule has 1 atom stereocenters. The van der Waals surface area contributed by atoms with Crippen molar-refractivity contribution in [3.05, 3.63) is 23.2 Å². The van der Waals surface area contributed by atoms with Gasteiger partial charge in [0.2, 0.25) is 0 Å². The van der Waals surface area contributed by atoms with E-state index >= 15 is 0 Å². The molecule has 1 aromatic rings. The van der Waals surface area contributed by atoms with Crippen molar-refractivity contribution in [2.75, 3.05) is 19.4 Å². The first-order chi connectivity index (χ1) is 8.83. The van der Waals surface area contributed by atoms with Gasteiger partial charge in [0.1, 0.15) is 5.75 Å². The number of hydrazine groups is 1. The zero-order valence-corrected chi connectivity index (χ0v) is 11.5. The van der Waals surface area contributed by atoms with Gasteiger partial charge in [0, 0.05) is 19.1 Å². The molecule has 19 heavy (non-hydrogen) atoms. The molecule has 102 valence electrons. The summed E-state index contributed by atoms with van der Waals surface area (Å²) < 4.78 is 5.54. The highest BCUT2D eigenvalue weighted by Crippen LogP contribution is 2.35. The van der Waals surface area contributed by atoms with E-state index in [1.807, 2.05) is 0 Å². The highest BCUT2D eigenvalue weighted by molar-refractivity contribution is 6.31. The predicted molar refractivity (Wildman–Crippen MR) is 70.9 cm³/mol. The molecule has 0 radical (unpaired) electrons. The van der Waals surface area contributed by atoms with Crippen molar-refractivity contribution in [1.29, 1.82) is 0 Å². The van der Waals surface area contributed by atoms with E-state index in [4.69, 9.17) is 16.3 Å². The molecule has 1 aromatic carbocycles. The summed E-state index contributed by atoms with van der Waals surface area (Å²) in [6.07, 6.45) is 0. The third-order valence-corrected chi connectivity index (χ3v) is 2.93. The average molecular weight is 284 g/mol. The summed E-state index contributed by atoms with van der Waals surface area (Å²) in [5.41, 5.74) is 1.34. The molecule has 2 N–H and O–H groups in total. The summed E-state index contributed by atoms with van der Waals surface area (Å²) in [5, 5.41) is 4.54. The van der Waals surface area contributed by atoms with E-state index in [-0.39, 0.29) is 0 Å². The van der Waals surface area contributed by atoms with E-state index in [0.29, 0.717) is 16.5 Å². The lowest BCUT2D eigenvalue weighted by Gasteiger charge is -2.34. The Morgan fingerprint density at radius 2 is 2.16 bits per heavy atom. The fourth-order valence-corrected chi connectivity index (χ4v) is 1.83. The highest BCUT2D eigenvalue weighted by Gasteiger charge is 2.47. The number of fused-ring (bicyclic) bond motifs is 1. The number of nitrogens with one attached hydrogen (secondary N) is 2. The van der Waals surface area contributed by atoms with Crippen LogP contribution in [0.2, 0.25) is 5.02 Å². The van der Waals surface area contributed by atoms with E-state index in [9.17, 15) is 9.59 Å². The van der Waals surface area contributed by atoms with E-state index in [1.165, 1.54) is 11.9 Å². The number of nitrogens with zero attached hydrogens (tertiary/aromatic N) is 1. The Labute approximate surface area is 115 Å². The molecule has 0 saturated heterocycles. The number of halogens is 1. The van der Waals surface area contributed by atoms with Gasteiger partial charge in [-0.25, -0.2) is 5.01 Å². The Morgan fingerprint density at radius 1 is 1.47 bits per heavy atom. The van der Waals surface area contributed by atoms with Gasteiger partial charge in [-0.2, -0.15) is 0 Å². The summed E-state index contributed by atoms with van der Waals surface area (Å²) in [4.78, 5) is 24.1. The molecule has 6 nitrogen and oxygen atoms in total. The first kappa shape index (κ1) is 13.6. The van der Waals surface area contributed by atoms with Crippen molar-refractivity contribution in [1.82, 2.24) is 10.4 Å². The molecule has 0 bridgehead atoms. The first-order valence-electron chi connectivity index (χ1n) is 5.61. The molecule has 7 heteroatoms. The molecule has 1 aliphatic heterocycles. The number of benzene rings is 1. The third kappa shape index (κ3) is 2.50. The second kappa shape index (κ2) is 4.71. The van der Waals surface area contributed by atoms with Crippen LogP contribution < -0.4 is 15.5 Å². The Balaban J connectivity index is 2.32. The highest BCUT2D eigenvalue weighted by atomic mass is 35.5. The second-order valence-electron chi connectivity index (χ2n) is 4.57. The van der Waals surface area contributed by atoms with Gasteiger partial charge in [-0.05, 0) is 25.1 Å². The lowest BCUT2D eigenvalue weighted by atomic mass is 10.0. The maximum atomic E-state index is 12.1. The number of carbonyl (C=O) groups excluding carboxylic acids is 2. The second-order valence-corrected chi connectivity index (χ2v) is 5.00. The Kier molecular flexibility index (Phi) is 3.38. The number of amides is 2. The monoisotopic (exact) mass is 283 g/mol. The molecule has 0 spiro atoms. The topological polar surface area (TPSA) is 70.7 Å². The Hall–Kier alpha value is -1.79. The predicted octanol–water partition coefficient (Wildman–Crippen LogP) is 1.02. The maximum absolute atomic E-state index is 12.1. The van der Waals surface area contributed by atoms with Gasteiger partial charge in [-0.3, -0.25) is 15.0 Å². The zero-order chi connectivity index (χ0) is 14.2. The molecular formula is C12H14ClN3O3. The van der Waals surface area contributed by atoms with E-state index < -0.39 is 17.4 Å². The van der Waals surface area contributed by atoms with Crippen molar-refractivity contribution in [3.63, 3.8) is 0 Å². The SMILES string of the molecule is CN(C)NC(=O)C1(C)Oc2ccc(Cl)cc2NC1=O. The smallest absolute Gasteiger partial charge is 0.288 e. The molecule has 0 saturated carbocycles. The molecular weight excluding hydrogens is 270 g/mol. The van der Waals surface area contributed by atoms with Gasteiger partial charge < -0.3 is 10.1 Å². The number of carbonyl (C=O) groups is 2. The average Bonchev–Trinajstić information content (AvgIpc) is 2.30. The van der Waals surface area contributed by atoms with Gasteiger partial charge in [-0.1, -0.05) is 11.6 Å². The van der Waals surface area contributed by atoms with Crippen molar-refractivity contribution >= 4 is 29.1 Å². The standard InChI is InChI=1S/C12H14ClN3O3/c1-12(11(18)15-16(2)3)10(17)14-8-6-7(13)4-5-9(8)19-12/h4-6H,1-3H3,(H,14,17)(H,15,18). The van der Waals surface area contributed by atoms with Crippen molar-refractivity contribution in [2.45, 2.75) is 12.5 Å². The van der Waals surface area contributed by atoms with E-state index in [2.05, 4.69) is 10.7 Å². The van der Waals surface area contributed by atoms with E-state index in [1.54, 1.807) is 32.3 Å². The molecule has 0 aliphatic carbocycles. The number of hydrogen-bond donors (Lipinski definition) is 2. The number of rotatable bonds is 2. The van der Waals surface area contributed by atoms with Crippen LogP contribution in [0.25, 0.3) is 0 Å². The number of anilines is 1. The van der Waals surface area contributed by atoms with Crippen molar-refractivity contribution in [3.8, 4) is 5.75 Å². The molecule has 1 heterocycles. The van der Waals surface area contributed by atoms with Crippen LogP contribution in [0.5, 0.6) is 5.75 Å². The van der Waals surface area contributed by atoms with Crippen molar-refractivity contribution in [2.24, 2.45) is 0 Å². The lowest BCUT2D eigenvalue weighted by Crippen LogP contribution is -2.60. The number of ether oxygens (including phenoxy) is 1. The molecule has 2 rings (SSSR count). The molecule has 1 unspecified atom stereocenters. The Bertz CT molecular complexity index is 547. The van der Waals surface area contributed by atoms with Gasteiger partial charge >= 0.3 is 0 Å². The summed E-state index contributed by atoms with van der Waals surface area (Å²) in [7, 11) is 3.30. The van der Waals surface area contributed by atoms with Gasteiger partial charge in [0.05, 0.1) is 5.69 Å². The molecule has 2 amide bonds. The molecule has 0 aromatic heterocycles. The fraction of sp³-hybridized carbons (Fsp3) is 0.333. The van der Waals surface area contributed by atoms with Crippen molar-refractivity contribution < 1.29 is 14.3 Å². The maximum Gasteiger partial charge on any atom is 0.288 e. The normalized spacial score (nSPS) is 21.4. The lowest BCUT2D eigenvalue weighted by molar-refractivity contribution is -0.149.